The van der Waals surface area contributed by atoms with E-state index in [1.165, 1.54) is 6.07 Å². The van der Waals surface area contributed by atoms with Crippen LogP contribution in [0.25, 0.3) is 22.3 Å². The van der Waals surface area contributed by atoms with Crippen LogP contribution in [0, 0.1) is 12.7 Å². The van der Waals surface area contributed by atoms with Crippen molar-refractivity contribution in [2.75, 3.05) is 20.2 Å². The first-order valence-electron chi connectivity index (χ1n) is 11.4. The Balaban J connectivity index is 1.67. The van der Waals surface area contributed by atoms with Crippen molar-refractivity contribution in [3.8, 4) is 11.4 Å². The number of hydrogen-bond acceptors (Lipinski definition) is 7. The zero-order valence-corrected chi connectivity index (χ0v) is 18.9. The highest BCUT2D eigenvalue weighted by atomic mass is 19.1. The van der Waals surface area contributed by atoms with Crippen molar-refractivity contribution in [1.29, 1.82) is 0 Å². The predicted octanol–water partition coefficient (Wildman–Crippen LogP) is 1.87. The Labute approximate surface area is 194 Å². The molecule has 34 heavy (non-hydrogen) atoms. The van der Waals surface area contributed by atoms with Crippen molar-refractivity contribution in [3.05, 3.63) is 61.7 Å². The Morgan fingerprint density at radius 2 is 2.06 bits per heavy atom. The van der Waals surface area contributed by atoms with E-state index in [9.17, 15) is 24.2 Å². The van der Waals surface area contributed by atoms with Gasteiger partial charge in [0.25, 0.3) is 5.56 Å². The van der Waals surface area contributed by atoms with Crippen LogP contribution in [0.5, 0.6) is 0 Å². The Morgan fingerprint density at radius 3 is 2.82 bits per heavy atom. The van der Waals surface area contributed by atoms with Gasteiger partial charge in [-0.15, -0.1) is 0 Å². The molecule has 9 heteroatoms. The fourth-order valence-corrected chi connectivity index (χ4v) is 5.83. The van der Waals surface area contributed by atoms with Gasteiger partial charge in [0.2, 0.25) is 0 Å². The molecule has 0 saturated carbocycles. The molecule has 0 saturated heterocycles. The van der Waals surface area contributed by atoms with Crippen LogP contribution in [0.3, 0.4) is 0 Å². The second-order valence-electron chi connectivity index (χ2n) is 9.33. The molecule has 2 aromatic heterocycles. The van der Waals surface area contributed by atoms with E-state index >= 15 is 0 Å². The summed E-state index contributed by atoms with van der Waals surface area (Å²) in [5.74, 6) is -1.11. The molecule has 2 atom stereocenters. The number of aryl methyl sites for hydroxylation is 1. The van der Waals surface area contributed by atoms with Gasteiger partial charge < -0.3 is 19.5 Å². The maximum absolute atomic E-state index is 14.8. The second-order valence-corrected chi connectivity index (χ2v) is 9.33. The fourth-order valence-electron chi connectivity index (χ4n) is 5.83. The molecule has 4 heterocycles. The van der Waals surface area contributed by atoms with Gasteiger partial charge in [0.15, 0.2) is 6.10 Å². The quantitative estimate of drug-likeness (QED) is 0.445. The number of rotatable bonds is 3. The molecular weight excluding hydrogens is 441 g/mol. The van der Waals surface area contributed by atoms with Gasteiger partial charge >= 0.3 is 5.97 Å². The van der Waals surface area contributed by atoms with Crippen LogP contribution in [-0.4, -0.2) is 50.8 Å². The number of aliphatic hydroxyl groups excluding tert-OH is 2. The number of ether oxygens (including phenoxy) is 1. The van der Waals surface area contributed by atoms with Gasteiger partial charge in [-0.25, -0.2) is 14.2 Å². The SMILES string of the molecule is Cc1c(F)cc2nc3c(c4c2c1CCC4N(C)CCO)Cn1c-3cc2c(c1=O)COC(=O)C2O. The van der Waals surface area contributed by atoms with Crippen LogP contribution in [-0.2, 0) is 29.1 Å². The van der Waals surface area contributed by atoms with Crippen molar-refractivity contribution in [3.63, 3.8) is 0 Å². The van der Waals surface area contributed by atoms with Crippen LogP contribution in [0.2, 0.25) is 0 Å². The molecule has 0 spiro atoms. The van der Waals surface area contributed by atoms with E-state index in [-0.39, 0.29) is 41.8 Å². The number of hydrogen-bond donors (Lipinski definition) is 2. The minimum absolute atomic E-state index is 0.0110. The molecule has 6 rings (SSSR count). The number of nitrogens with zero attached hydrogens (tertiary/aromatic N) is 3. The molecule has 1 aromatic carbocycles. The minimum Gasteiger partial charge on any atom is -0.458 e. The average molecular weight is 465 g/mol. The standard InChI is InChI=1S/C25H24FN3O5/c1-11-12-3-4-18(28(2)5-6-30)21-14-9-29-19(22(14)27-17(20(12)21)8-16(11)26)7-13-15(24(29)32)10-34-25(33)23(13)31/h7-8,18,23,30-31H,3-6,9-10H2,1-2H3. The van der Waals surface area contributed by atoms with Crippen LogP contribution < -0.4 is 5.56 Å². The molecule has 2 unspecified atom stereocenters. The molecule has 0 fully saturated rings. The lowest BCUT2D eigenvalue weighted by atomic mass is 9.81. The fraction of sp³-hybridized carbons (Fsp3) is 0.400. The lowest BCUT2D eigenvalue weighted by molar-refractivity contribution is -0.157. The molecule has 3 aliphatic rings. The molecule has 0 radical (unpaired) electrons. The van der Waals surface area contributed by atoms with Gasteiger partial charge in [0.05, 0.1) is 35.6 Å². The van der Waals surface area contributed by atoms with Gasteiger partial charge in [-0.3, -0.25) is 9.69 Å². The average Bonchev–Trinajstić information content (AvgIpc) is 3.19. The summed E-state index contributed by atoms with van der Waals surface area (Å²) in [4.78, 5) is 32.2. The summed E-state index contributed by atoms with van der Waals surface area (Å²) in [6.07, 6.45) is -0.0801. The first-order chi connectivity index (χ1) is 16.3. The normalized spacial score (nSPS) is 20.4. The molecule has 176 valence electrons. The minimum atomic E-state index is -1.53. The summed E-state index contributed by atoms with van der Waals surface area (Å²) in [5.41, 5.74) is 5.20. The third-order valence-corrected chi connectivity index (χ3v) is 7.60. The highest BCUT2D eigenvalue weighted by Crippen LogP contribution is 2.46. The van der Waals surface area contributed by atoms with E-state index in [0.29, 0.717) is 42.0 Å². The van der Waals surface area contributed by atoms with Crippen molar-refractivity contribution < 1.29 is 24.1 Å². The number of carbonyl (C=O) groups is 1. The summed E-state index contributed by atoms with van der Waals surface area (Å²) in [6, 6.07) is 3.05. The number of aliphatic hydroxyl groups is 2. The number of esters is 1. The van der Waals surface area contributed by atoms with E-state index in [2.05, 4.69) is 4.90 Å². The lowest BCUT2D eigenvalue weighted by Crippen LogP contribution is -2.33. The van der Waals surface area contributed by atoms with E-state index < -0.39 is 12.1 Å². The first kappa shape index (κ1) is 21.4. The molecule has 1 aliphatic carbocycles. The van der Waals surface area contributed by atoms with E-state index in [1.807, 2.05) is 7.05 Å². The smallest absolute Gasteiger partial charge is 0.340 e. The number of carbonyl (C=O) groups excluding carboxylic acids is 1. The summed E-state index contributed by atoms with van der Waals surface area (Å²) in [7, 11) is 1.95. The first-order valence-corrected chi connectivity index (χ1v) is 11.4. The van der Waals surface area contributed by atoms with Gasteiger partial charge in [-0.1, -0.05) is 0 Å². The van der Waals surface area contributed by atoms with Crippen LogP contribution in [0.1, 0.15) is 51.9 Å². The number of benzene rings is 1. The maximum Gasteiger partial charge on any atom is 0.340 e. The largest absolute Gasteiger partial charge is 0.458 e. The third kappa shape index (κ3) is 2.77. The molecule has 3 aromatic rings. The van der Waals surface area contributed by atoms with Gasteiger partial charge in [-0.05, 0) is 49.6 Å². The number of fused-ring (bicyclic) bond motifs is 5. The number of halogens is 1. The monoisotopic (exact) mass is 465 g/mol. The third-order valence-electron chi connectivity index (χ3n) is 7.60. The van der Waals surface area contributed by atoms with E-state index in [4.69, 9.17) is 9.72 Å². The lowest BCUT2D eigenvalue weighted by Gasteiger charge is -2.35. The zero-order chi connectivity index (χ0) is 23.9. The zero-order valence-electron chi connectivity index (χ0n) is 18.9. The summed E-state index contributed by atoms with van der Waals surface area (Å²) < 4.78 is 21.4. The molecule has 8 nitrogen and oxygen atoms in total. The van der Waals surface area contributed by atoms with Crippen LogP contribution in [0.15, 0.2) is 16.9 Å². The Morgan fingerprint density at radius 1 is 1.26 bits per heavy atom. The van der Waals surface area contributed by atoms with Crippen LogP contribution in [0.4, 0.5) is 4.39 Å². The summed E-state index contributed by atoms with van der Waals surface area (Å²) in [5, 5.41) is 20.9. The van der Waals surface area contributed by atoms with E-state index in [0.717, 1.165) is 28.5 Å². The topological polar surface area (TPSA) is 105 Å². The summed E-state index contributed by atoms with van der Waals surface area (Å²) in [6.45, 7) is 2.38. The van der Waals surface area contributed by atoms with Gasteiger partial charge in [-0.2, -0.15) is 0 Å². The molecular formula is C25H24FN3O5. The Bertz CT molecular complexity index is 1460. The summed E-state index contributed by atoms with van der Waals surface area (Å²) >= 11 is 0. The Kier molecular flexibility index (Phi) is 4.68. The van der Waals surface area contributed by atoms with Crippen molar-refractivity contribution in [2.45, 2.75) is 45.1 Å². The maximum atomic E-state index is 14.8. The van der Waals surface area contributed by atoms with Gasteiger partial charge in [0.1, 0.15) is 12.4 Å². The molecule has 0 bridgehead atoms. The number of aromatic nitrogens is 2. The molecule has 0 amide bonds. The molecule has 2 aliphatic heterocycles. The number of cyclic esters (lactones) is 1. The van der Waals surface area contributed by atoms with Gasteiger partial charge in [0, 0.05) is 35.2 Å². The van der Waals surface area contributed by atoms with Crippen molar-refractivity contribution >= 4 is 16.9 Å². The highest BCUT2D eigenvalue weighted by molar-refractivity contribution is 5.93. The highest BCUT2D eigenvalue weighted by Gasteiger charge is 2.37. The predicted molar refractivity (Wildman–Crippen MR) is 121 cm³/mol. The van der Waals surface area contributed by atoms with Crippen LogP contribution >= 0.6 is 0 Å². The Hall–Kier alpha value is -3.14. The second kappa shape index (κ2) is 7.43. The van der Waals surface area contributed by atoms with E-state index in [1.54, 1.807) is 17.6 Å². The van der Waals surface area contributed by atoms with Crippen molar-refractivity contribution in [1.82, 2.24) is 14.5 Å². The molecule has 2 N–H and O–H groups in total. The number of likely N-dealkylation sites (N-methyl/N-ethyl adjacent to an activating group) is 1. The number of pyridine rings is 2. The van der Waals surface area contributed by atoms with Crippen molar-refractivity contribution in [2.24, 2.45) is 0 Å².